The summed E-state index contributed by atoms with van der Waals surface area (Å²) in [5.74, 6) is 0.356. The van der Waals surface area contributed by atoms with Crippen molar-refractivity contribution in [1.82, 2.24) is 9.80 Å². The molecule has 0 spiro atoms. The molecule has 6 aliphatic rings. The standard InChI is InChI=1S/C47H62F2N2O3/c1-42(2)37-16-19-47(7)40(45(37,5)18-17-38(42)53)36(52)28-34-35-29-44(4,21-20-43(35,3)22-23-46(34,47)6)41(54)51-26-24-50(25-27-51)39(30-8-12-32(48)13-9-30)31-10-14-33(49)15-11-31/h8-15,28,35,37-40,53H,16-27,29H2,1-7H3/t35-,37-,38-,40+,43+,44-,45-,46+,47+/m0/s1. The number of allylic oxidation sites excluding steroid dienone is 2. The van der Waals surface area contributed by atoms with Crippen molar-refractivity contribution in [1.29, 1.82) is 0 Å². The topological polar surface area (TPSA) is 60.9 Å². The number of halogens is 2. The van der Waals surface area contributed by atoms with Crippen molar-refractivity contribution in [2.75, 3.05) is 26.2 Å². The van der Waals surface area contributed by atoms with Crippen LogP contribution < -0.4 is 0 Å². The van der Waals surface area contributed by atoms with Gasteiger partial charge in [-0.15, -0.1) is 0 Å². The number of aliphatic hydroxyl groups excluding tert-OH is 1. The van der Waals surface area contributed by atoms with Crippen molar-refractivity contribution in [3.05, 3.63) is 82.9 Å². The number of fused-ring (bicyclic) bond motifs is 7. The van der Waals surface area contributed by atoms with Crippen LogP contribution in [0.15, 0.2) is 60.2 Å². The molecule has 4 saturated carbocycles. The highest BCUT2D eigenvalue weighted by molar-refractivity contribution is 5.95. The van der Waals surface area contributed by atoms with Gasteiger partial charge in [0.2, 0.25) is 5.91 Å². The smallest absolute Gasteiger partial charge is 0.228 e. The number of benzene rings is 2. The van der Waals surface area contributed by atoms with Crippen LogP contribution in [0, 0.1) is 61.9 Å². The van der Waals surface area contributed by atoms with Gasteiger partial charge in [-0.1, -0.05) is 78.3 Å². The van der Waals surface area contributed by atoms with Gasteiger partial charge in [0.05, 0.1) is 12.1 Å². The van der Waals surface area contributed by atoms with Crippen LogP contribution in [0.4, 0.5) is 8.78 Å². The van der Waals surface area contributed by atoms with Crippen molar-refractivity contribution >= 4 is 11.7 Å². The van der Waals surface area contributed by atoms with E-state index in [9.17, 15) is 23.5 Å². The van der Waals surface area contributed by atoms with Gasteiger partial charge in [-0.3, -0.25) is 14.5 Å². The van der Waals surface area contributed by atoms with Gasteiger partial charge in [-0.25, -0.2) is 8.78 Å². The van der Waals surface area contributed by atoms with E-state index in [4.69, 9.17) is 0 Å². The Hall–Kier alpha value is -2.90. The second-order valence-electron chi connectivity index (χ2n) is 20.5. The van der Waals surface area contributed by atoms with E-state index in [-0.39, 0.29) is 68.6 Å². The first-order valence-corrected chi connectivity index (χ1v) is 20.8. The van der Waals surface area contributed by atoms with E-state index in [0.29, 0.717) is 37.9 Å². The Labute approximate surface area is 322 Å². The molecule has 8 rings (SSSR count). The number of aliphatic hydroxyl groups is 1. The molecule has 0 bridgehead atoms. The Morgan fingerprint density at radius 3 is 1.93 bits per heavy atom. The molecule has 1 aliphatic heterocycles. The monoisotopic (exact) mass is 740 g/mol. The quantitative estimate of drug-likeness (QED) is 0.340. The van der Waals surface area contributed by atoms with Crippen LogP contribution in [-0.4, -0.2) is 58.9 Å². The lowest BCUT2D eigenvalue weighted by Gasteiger charge is -2.70. The lowest BCUT2D eigenvalue weighted by molar-refractivity contribution is -0.202. The van der Waals surface area contributed by atoms with E-state index in [1.807, 2.05) is 0 Å². The molecule has 2 aromatic rings. The minimum atomic E-state index is -0.521. The van der Waals surface area contributed by atoms with Crippen LogP contribution in [0.5, 0.6) is 0 Å². The molecule has 292 valence electrons. The van der Waals surface area contributed by atoms with Crippen LogP contribution in [0.25, 0.3) is 0 Å². The zero-order valence-electron chi connectivity index (χ0n) is 33.7. The maximum atomic E-state index is 14.8. The molecule has 1 saturated heterocycles. The van der Waals surface area contributed by atoms with Gasteiger partial charge in [-0.05, 0) is 138 Å². The Balaban J connectivity index is 1.04. The summed E-state index contributed by atoms with van der Waals surface area (Å²) in [6.07, 6.45) is 10.2. The molecule has 0 unspecified atom stereocenters. The molecule has 1 N–H and O–H groups in total. The van der Waals surface area contributed by atoms with E-state index in [1.165, 1.54) is 29.8 Å². The number of piperazine rings is 1. The van der Waals surface area contributed by atoms with Gasteiger partial charge in [-0.2, -0.15) is 0 Å². The Morgan fingerprint density at radius 1 is 0.759 bits per heavy atom. The van der Waals surface area contributed by atoms with Crippen LogP contribution in [-0.2, 0) is 9.59 Å². The Kier molecular flexibility index (Phi) is 9.01. The van der Waals surface area contributed by atoms with Crippen molar-refractivity contribution < 1.29 is 23.5 Å². The highest BCUT2D eigenvalue weighted by Crippen LogP contribution is 2.75. The highest BCUT2D eigenvalue weighted by atomic mass is 19.1. The molecule has 0 aromatic heterocycles. The van der Waals surface area contributed by atoms with Crippen LogP contribution in [0.2, 0.25) is 0 Å². The number of rotatable bonds is 4. The molecule has 9 atom stereocenters. The number of ketones is 1. The van der Waals surface area contributed by atoms with Crippen molar-refractivity contribution in [3.8, 4) is 0 Å². The molecule has 5 nitrogen and oxygen atoms in total. The Bertz CT molecular complexity index is 1790. The average Bonchev–Trinajstić information content (AvgIpc) is 3.13. The lowest BCUT2D eigenvalue weighted by Crippen LogP contribution is -2.66. The maximum Gasteiger partial charge on any atom is 0.228 e. The third-order valence-corrected chi connectivity index (χ3v) is 17.4. The zero-order chi connectivity index (χ0) is 38.6. The van der Waals surface area contributed by atoms with E-state index in [0.717, 1.165) is 68.9 Å². The van der Waals surface area contributed by atoms with E-state index >= 15 is 0 Å². The fraction of sp³-hybridized carbons (Fsp3) is 0.660. The SMILES string of the molecule is CC1(C)[C@@H](O)CC[C@]2(C)[C@H]3C(=O)C=C4[C@@H]5C[C@@](C)(C(=O)N6CCN(C(c7ccc(F)cc7)c7ccc(F)cc7)CC6)CC[C@]5(C)CC[C@@]4(C)[C@]3(C)CC[C@@H]12. The number of hydrogen-bond acceptors (Lipinski definition) is 4. The normalized spacial score (nSPS) is 40.6. The molecule has 5 aliphatic carbocycles. The fourth-order valence-corrected chi connectivity index (χ4v) is 13.8. The van der Waals surface area contributed by atoms with Crippen molar-refractivity contribution in [3.63, 3.8) is 0 Å². The molecule has 7 heteroatoms. The second kappa shape index (κ2) is 12.8. The molecule has 5 fully saturated rings. The number of carbonyl (C=O) groups is 2. The van der Waals surface area contributed by atoms with Gasteiger partial charge >= 0.3 is 0 Å². The zero-order valence-corrected chi connectivity index (χ0v) is 33.7. The summed E-state index contributed by atoms with van der Waals surface area (Å²) in [5, 5.41) is 11.1. The van der Waals surface area contributed by atoms with Crippen LogP contribution in [0.3, 0.4) is 0 Å². The third kappa shape index (κ3) is 5.55. The first kappa shape index (κ1) is 38.0. The van der Waals surface area contributed by atoms with Crippen molar-refractivity contribution in [2.45, 2.75) is 118 Å². The molecule has 2 aromatic carbocycles. The number of hydrogen-bond donors (Lipinski definition) is 1. The van der Waals surface area contributed by atoms with Gasteiger partial charge in [0.15, 0.2) is 5.78 Å². The van der Waals surface area contributed by atoms with Gasteiger partial charge < -0.3 is 10.0 Å². The van der Waals surface area contributed by atoms with Gasteiger partial charge in [0.25, 0.3) is 0 Å². The summed E-state index contributed by atoms with van der Waals surface area (Å²) in [6.45, 7) is 18.8. The molecular formula is C47H62F2N2O3. The predicted molar refractivity (Wildman–Crippen MR) is 208 cm³/mol. The highest BCUT2D eigenvalue weighted by Gasteiger charge is 2.70. The summed E-state index contributed by atoms with van der Waals surface area (Å²) in [7, 11) is 0. The van der Waals surface area contributed by atoms with Gasteiger partial charge in [0.1, 0.15) is 11.6 Å². The number of carbonyl (C=O) groups excluding carboxylic acids is 2. The maximum absolute atomic E-state index is 14.8. The molecule has 1 heterocycles. The first-order valence-electron chi connectivity index (χ1n) is 20.8. The molecule has 54 heavy (non-hydrogen) atoms. The molecule has 1 amide bonds. The average molecular weight is 741 g/mol. The lowest BCUT2D eigenvalue weighted by atomic mass is 9.33. The predicted octanol–water partition coefficient (Wildman–Crippen LogP) is 9.54. The third-order valence-electron chi connectivity index (χ3n) is 17.4. The van der Waals surface area contributed by atoms with E-state index in [1.54, 1.807) is 24.3 Å². The minimum Gasteiger partial charge on any atom is -0.393 e. The second-order valence-corrected chi connectivity index (χ2v) is 20.5. The number of nitrogens with zero attached hydrogens (tertiary/aromatic N) is 2. The fourth-order valence-electron chi connectivity index (χ4n) is 13.8. The first-order chi connectivity index (χ1) is 25.4. The summed E-state index contributed by atoms with van der Waals surface area (Å²) in [4.78, 5) is 33.9. The van der Waals surface area contributed by atoms with Crippen molar-refractivity contribution in [2.24, 2.45) is 50.2 Å². The summed E-state index contributed by atoms with van der Waals surface area (Å²) in [5.41, 5.74) is 2.10. The Morgan fingerprint density at radius 2 is 1.33 bits per heavy atom. The van der Waals surface area contributed by atoms with E-state index < -0.39 is 5.41 Å². The summed E-state index contributed by atoms with van der Waals surface area (Å²) >= 11 is 0. The summed E-state index contributed by atoms with van der Waals surface area (Å²) in [6, 6.07) is 12.9. The largest absolute Gasteiger partial charge is 0.393 e. The summed E-state index contributed by atoms with van der Waals surface area (Å²) < 4.78 is 27.9. The minimum absolute atomic E-state index is 0.0584. The molecular weight excluding hydrogens is 679 g/mol. The number of amides is 1. The van der Waals surface area contributed by atoms with E-state index in [2.05, 4.69) is 64.3 Å². The van der Waals surface area contributed by atoms with Crippen LogP contribution >= 0.6 is 0 Å². The van der Waals surface area contributed by atoms with Gasteiger partial charge in [0, 0.05) is 37.5 Å². The van der Waals surface area contributed by atoms with Crippen LogP contribution in [0.1, 0.15) is 123 Å². The molecule has 0 radical (unpaired) electrons.